The summed E-state index contributed by atoms with van der Waals surface area (Å²) in [5.74, 6) is 0.538. The third-order valence-corrected chi connectivity index (χ3v) is 7.22. The van der Waals surface area contributed by atoms with E-state index in [-0.39, 0.29) is 11.8 Å². The molecule has 0 radical (unpaired) electrons. The van der Waals surface area contributed by atoms with E-state index in [4.69, 9.17) is 9.47 Å². The number of likely N-dealkylation sites (tertiary alicyclic amines) is 1. The molecule has 0 bridgehead atoms. The number of aryl methyl sites for hydroxylation is 1. The summed E-state index contributed by atoms with van der Waals surface area (Å²) in [6.07, 6.45) is 3.09. The quantitative estimate of drug-likeness (QED) is 0.509. The molecule has 2 aromatic heterocycles. The first-order valence-corrected chi connectivity index (χ1v) is 12.4. The maximum absolute atomic E-state index is 13.4. The summed E-state index contributed by atoms with van der Waals surface area (Å²) >= 11 is 1.69. The summed E-state index contributed by atoms with van der Waals surface area (Å²) in [5.41, 5.74) is 3.29. The standard InChI is InChI=1S/C26H31N3O4S/c1-17-13-20(18(2)29(17)16-19-9-8-12-34-19)25(30)27-22-15-24(33-4)23(32-3)14-21(22)26(31)28-10-6-5-7-11-28/h8-9,12-15H,5-7,10-11,16H2,1-4H3,(H,27,30). The maximum Gasteiger partial charge on any atom is 0.257 e. The van der Waals surface area contributed by atoms with Gasteiger partial charge in [0, 0.05) is 35.4 Å². The van der Waals surface area contributed by atoms with Crippen LogP contribution in [0.4, 0.5) is 5.69 Å². The summed E-state index contributed by atoms with van der Waals surface area (Å²) in [7, 11) is 3.07. The zero-order valence-corrected chi connectivity index (χ0v) is 21.0. The van der Waals surface area contributed by atoms with E-state index in [0.717, 1.165) is 37.2 Å². The summed E-state index contributed by atoms with van der Waals surface area (Å²) in [6, 6.07) is 9.33. The van der Waals surface area contributed by atoms with Gasteiger partial charge in [-0.2, -0.15) is 0 Å². The van der Waals surface area contributed by atoms with Crippen molar-refractivity contribution in [3.8, 4) is 11.5 Å². The van der Waals surface area contributed by atoms with E-state index in [1.54, 1.807) is 23.5 Å². The van der Waals surface area contributed by atoms with Crippen molar-refractivity contribution in [3.63, 3.8) is 0 Å². The van der Waals surface area contributed by atoms with Crippen molar-refractivity contribution in [2.45, 2.75) is 39.7 Å². The van der Waals surface area contributed by atoms with Crippen LogP contribution in [-0.2, 0) is 6.54 Å². The second-order valence-corrected chi connectivity index (χ2v) is 9.54. The second kappa shape index (κ2) is 10.3. The Kier molecular flexibility index (Phi) is 7.26. The minimum atomic E-state index is -0.259. The van der Waals surface area contributed by atoms with Crippen LogP contribution in [0.2, 0.25) is 0 Å². The number of nitrogens with zero attached hydrogens (tertiary/aromatic N) is 2. The van der Waals surface area contributed by atoms with Crippen LogP contribution in [-0.4, -0.2) is 48.6 Å². The number of aromatic nitrogens is 1. The van der Waals surface area contributed by atoms with Gasteiger partial charge in [-0.3, -0.25) is 9.59 Å². The highest BCUT2D eigenvalue weighted by atomic mass is 32.1. The molecule has 1 aliphatic heterocycles. The minimum absolute atomic E-state index is 0.112. The monoisotopic (exact) mass is 481 g/mol. The molecule has 0 unspecified atom stereocenters. The van der Waals surface area contributed by atoms with Gasteiger partial charge in [-0.25, -0.2) is 0 Å². The molecule has 3 aromatic rings. The Balaban J connectivity index is 1.66. The Hall–Kier alpha value is -3.26. The number of hydrogen-bond acceptors (Lipinski definition) is 5. The lowest BCUT2D eigenvalue weighted by molar-refractivity contribution is 0.0725. The van der Waals surface area contributed by atoms with Crippen LogP contribution in [0.1, 0.15) is 56.2 Å². The number of rotatable bonds is 7. The first-order chi connectivity index (χ1) is 16.4. The van der Waals surface area contributed by atoms with Crippen LogP contribution < -0.4 is 14.8 Å². The van der Waals surface area contributed by atoms with Crippen LogP contribution in [0.5, 0.6) is 11.5 Å². The highest BCUT2D eigenvalue weighted by Crippen LogP contribution is 2.35. The summed E-state index contributed by atoms with van der Waals surface area (Å²) in [5, 5.41) is 5.03. The van der Waals surface area contributed by atoms with E-state index in [1.807, 2.05) is 30.9 Å². The number of piperidine rings is 1. The number of nitrogens with one attached hydrogen (secondary N) is 1. The number of benzene rings is 1. The molecule has 0 atom stereocenters. The lowest BCUT2D eigenvalue weighted by Gasteiger charge is -2.28. The Bertz CT molecular complexity index is 1180. The first-order valence-electron chi connectivity index (χ1n) is 11.5. The smallest absolute Gasteiger partial charge is 0.257 e. The van der Waals surface area contributed by atoms with Gasteiger partial charge < -0.3 is 24.3 Å². The molecule has 1 aliphatic rings. The molecule has 180 valence electrons. The van der Waals surface area contributed by atoms with Crippen molar-refractivity contribution < 1.29 is 19.1 Å². The molecule has 0 spiro atoms. The molecule has 1 fully saturated rings. The van der Waals surface area contributed by atoms with Gasteiger partial charge in [-0.15, -0.1) is 11.3 Å². The normalized spacial score (nSPS) is 13.6. The van der Waals surface area contributed by atoms with Crippen LogP contribution >= 0.6 is 11.3 Å². The topological polar surface area (TPSA) is 72.8 Å². The number of carbonyl (C=O) groups is 2. The second-order valence-electron chi connectivity index (χ2n) is 8.51. The summed E-state index contributed by atoms with van der Waals surface area (Å²) < 4.78 is 13.0. The Morgan fingerprint density at radius 1 is 1.00 bits per heavy atom. The molecule has 3 heterocycles. The number of methoxy groups -OCH3 is 2. The van der Waals surface area contributed by atoms with Crippen molar-refractivity contribution in [1.82, 2.24) is 9.47 Å². The zero-order chi connectivity index (χ0) is 24.2. The molecule has 2 amide bonds. The van der Waals surface area contributed by atoms with Crippen LogP contribution in [0.25, 0.3) is 0 Å². The molecule has 1 saturated heterocycles. The molecular weight excluding hydrogens is 450 g/mol. The highest BCUT2D eigenvalue weighted by molar-refractivity contribution is 7.09. The van der Waals surface area contributed by atoms with Gasteiger partial charge in [-0.1, -0.05) is 6.07 Å². The predicted octanol–water partition coefficient (Wildman–Crippen LogP) is 5.11. The number of carbonyl (C=O) groups excluding carboxylic acids is 2. The van der Waals surface area contributed by atoms with Crippen molar-refractivity contribution in [3.05, 3.63) is 63.1 Å². The molecule has 0 aliphatic carbocycles. The fraction of sp³-hybridized carbons (Fsp3) is 0.385. The Labute approximate surface area is 204 Å². The third kappa shape index (κ3) is 4.82. The van der Waals surface area contributed by atoms with Crippen LogP contribution in [0, 0.1) is 13.8 Å². The predicted molar refractivity (Wildman–Crippen MR) is 135 cm³/mol. The maximum atomic E-state index is 13.4. The molecule has 7 nitrogen and oxygen atoms in total. The molecule has 0 saturated carbocycles. The van der Waals surface area contributed by atoms with Gasteiger partial charge >= 0.3 is 0 Å². The van der Waals surface area contributed by atoms with E-state index >= 15 is 0 Å². The number of thiophene rings is 1. The lowest BCUT2D eigenvalue weighted by atomic mass is 10.1. The lowest BCUT2D eigenvalue weighted by Crippen LogP contribution is -2.36. The largest absolute Gasteiger partial charge is 0.493 e. The third-order valence-electron chi connectivity index (χ3n) is 6.36. The van der Waals surface area contributed by atoms with Gasteiger partial charge in [0.1, 0.15) is 0 Å². The molecular formula is C26H31N3O4S. The van der Waals surface area contributed by atoms with E-state index in [2.05, 4.69) is 21.3 Å². The number of anilines is 1. The van der Waals surface area contributed by atoms with Gasteiger partial charge in [0.25, 0.3) is 11.8 Å². The zero-order valence-electron chi connectivity index (χ0n) is 20.1. The van der Waals surface area contributed by atoms with E-state index < -0.39 is 0 Å². The van der Waals surface area contributed by atoms with E-state index in [0.29, 0.717) is 41.4 Å². The van der Waals surface area contributed by atoms with Gasteiger partial charge in [-0.05, 0) is 56.7 Å². The Morgan fingerprint density at radius 2 is 1.71 bits per heavy atom. The molecule has 4 rings (SSSR count). The molecule has 8 heteroatoms. The van der Waals surface area contributed by atoms with Gasteiger partial charge in [0.2, 0.25) is 0 Å². The fourth-order valence-corrected chi connectivity index (χ4v) is 5.14. The number of hydrogen-bond donors (Lipinski definition) is 1. The van der Waals surface area contributed by atoms with Crippen LogP contribution in [0.15, 0.2) is 35.7 Å². The average Bonchev–Trinajstić information content (AvgIpc) is 3.47. The van der Waals surface area contributed by atoms with E-state index in [1.165, 1.54) is 19.1 Å². The first kappa shape index (κ1) is 23.9. The van der Waals surface area contributed by atoms with Crippen molar-refractivity contribution in [2.24, 2.45) is 0 Å². The van der Waals surface area contributed by atoms with Crippen molar-refractivity contribution in [1.29, 1.82) is 0 Å². The highest BCUT2D eigenvalue weighted by Gasteiger charge is 2.25. The van der Waals surface area contributed by atoms with Crippen molar-refractivity contribution >= 4 is 28.8 Å². The van der Waals surface area contributed by atoms with Gasteiger partial charge in [0.15, 0.2) is 11.5 Å². The van der Waals surface area contributed by atoms with Crippen LogP contribution in [0.3, 0.4) is 0 Å². The molecule has 1 N–H and O–H groups in total. The van der Waals surface area contributed by atoms with E-state index in [9.17, 15) is 9.59 Å². The van der Waals surface area contributed by atoms with Crippen molar-refractivity contribution in [2.75, 3.05) is 32.6 Å². The minimum Gasteiger partial charge on any atom is -0.493 e. The molecule has 34 heavy (non-hydrogen) atoms. The summed E-state index contributed by atoms with van der Waals surface area (Å²) in [4.78, 5) is 29.8. The Morgan fingerprint density at radius 3 is 2.35 bits per heavy atom. The molecule has 1 aromatic carbocycles. The number of amides is 2. The summed E-state index contributed by atoms with van der Waals surface area (Å²) in [6.45, 7) is 6.09. The average molecular weight is 482 g/mol. The SMILES string of the molecule is COc1cc(NC(=O)c2cc(C)n(Cc3cccs3)c2C)c(C(=O)N2CCCCC2)cc1OC. The van der Waals surface area contributed by atoms with Gasteiger partial charge in [0.05, 0.1) is 37.6 Å². The number of ether oxygens (including phenoxy) is 2. The fourth-order valence-electron chi connectivity index (χ4n) is 4.45.